The maximum Gasteiger partial charge on any atom is 0.227 e. The highest BCUT2D eigenvalue weighted by Gasteiger charge is 2.33. The summed E-state index contributed by atoms with van der Waals surface area (Å²) < 4.78 is 0. The molecule has 2 rings (SSSR count). The Hall–Kier alpha value is -0.570. The van der Waals surface area contributed by atoms with E-state index in [-0.39, 0.29) is 12.0 Å². The lowest BCUT2D eigenvalue weighted by atomic mass is 9.92. The largest absolute Gasteiger partial charge is 0.340 e. The molecule has 2 N–H and O–H groups in total. The predicted molar refractivity (Wildman–Crippen MR) is 69.6 cm³/mol. The van der Waals surface area contributed by atoms with E-state index in [0.29, 0.717) is 11.9 Å². The number of piperidine rings is 1. The second-order valence-corrected chi connectivity index (χ2v) is 5.78. The molecule has 0 bridgehead atoms. The van der Waals surface area contributed by atoms with Gasteiger partial charge in [0.25, 0.3) is 0 Å². The molecule has 1 aliphatic carbocycles. The van der Waals surface area contributed by atoms with Crippen LogP contribution in [0.3, 0.4) is 0 Å². The molecule has 1 aliphatic heterocycles. The van der Waals surface area contributed by atoms with Gasteiger partial charge >= 0.3 is 0 Å². The summed E-state index contributed by atoms with van der Waals surface area (Å²) in [5, 5.41) is 0. The van der Waals surface area contributed by atoms with Crippen molar-refractivity contribution in [3.8, 4) is 0 Å². The number of rotatable bonds is 1. The summed E-state index contributed by atoms with van der Waals surface area (Å²) in [6.07, 6.45) is 9.23. The van der Waals surface area contributed by atoms with E-state index in [1.165, 1.54) is 25.7 Å². The summed E-state index contributed by atoms with van der Waals surface area (Å²) in [5.74, 6) is 0.435. The molecular weight excluding hydrogens is 212 g/mol. The Labute approximate surface area is 105 Å². The van der Waals surface area contributed by atoms with E-state index in [1.807, 2.05) is 0 Å². The van der Waals surface area contributed by atoms with E-state index >= 15 is 0 Å². The minimum absolute atomic E-state index is 0.0954. The van der Waals surface area contributed by atoms with Crippen LogP contribution in [0.25, 0.3) is 0 Å². The van der Waals surface area contributed by atoms with Crippen molar-refractivity contribution in [3.63, 3.8) is 0 Å². The van der Waals surface area contributed by atoms with Crippen LogP contribution in [0.2, 0.25) is 0 Å². The van der Waals surface area contributed by atoms with E-state index in [2.05, 4.69) is 11.8 Å². The monoisotopic (exact) mass is 238 g/mol. The number of carbonyl (C=O) groups is 1. The first-order valence-corrected chi connectivity index (χ1v) is 7.26. The predicted octanol–water partition coefficient (Wildman–Crippen LogP) is 2.30. The minimum atomic E-state index is 0.0954. The molecule has 3 nitrogen and oxygen atoms in total. The van der Waals surface area contributed by atoms with Gasteiger partial charge in [-0.15, -0.1) is 0 Å². The summed E-state index contributed by atoms with van der Waals surface area (Å²) in [6, 6.07) is 0.519. The zero-order valence-electron chi connectivity index (χ0n) is 11.0. The SMILES string of the molecule is CC1CCCCN1C(=O)C1CCCCCC1N. The van der Waals surface area contributed by atoms with E-state index in [0.717, 1.165) is 32.2 Å². The van der Waals surface area contributed by atoms with Crippen molar-refractivity contribution in [1.29, 1.82) is 0 Å². The molecule has 1 heterocycles. The summed E-state index contributed by atoms with van der Waals surface area (Å²) in [4.78, 5) is 14.7. The van der Waals surface area contributed by atoms with Gasteiger partial charge in [0.2, 0.25) is 5.91 Å². The molecule has 17 heavy (non-hydrogen) atoms. The smallest absolute Gasteiger partial charge is 0.227 e. The van der Waals surface area contributed by atoms with Gasteiger partial charge < -0.3 is 10.6 Å². The molecule has 2 aliphatic rings. The fraction of sp³-hybridized carbons (Fsp3) is 0.929. The number of nitrogens with zero attached hydrogens (tertiary/aromatic N) is 1. The Morgan fingerprint density at radius 3 is 2.53 bits per heavy atom. The lowest BCUT2D eigenvalue weighted by Gasteiger charge is -2.37. The zero-order chi connectivity index (χ0) is 12.3. The van der Waals surface area contributed by atoms with Gasteiger partial charge in [-0.3, -0.25) is 4.79 Å². The lowest BCUT2D eigenvalue weighted by molar-refractivity contribution is -0.139. The third kappa shape index (κ3) is 3.01. The standard InChI is InChI=1S/C14H26N2O/c1-11-7-5-6-10-16(11)14(17)12-8-3-2-4-9-13(12)15/h11-13H,2-10,15H2,1H3. The molecule has 0 spiro atoms. The fourth-order valence-electron chi connectivity index (χ4n) is 3.28. The van der Waals surface area contributed by atoms with Crippen molar-refractivity contribution in [1.82, 2.24) is 4.90 Å². The molecule has 2 fully saturated rings. The summed E-state index contributed by atoms with van der Waals surface area (Å²) in [7, 11) is 0. The first-order valence-electron chi connectivity index (χ1n) is 7.26. The van der Waals surface area contributed by atoms with E-state index in [1.54, 1.807) is 0 Å². The normalized spacial score (nSPS) is 35.4. The number of amides is 1. The van der Waals surface area contributed by atoms with Gasteiger partial charge in [-0.1, -0.05) is 19.3 Å². The number of carbonyl (C=O) groups excluding carboxylic acids is 1. The Kier molecular flexibility index (Phi) is 4.43. The maximum absolute atomic E-state index is 12.6. The molecule has 0 radical (unpaired) electrons. The Morgan fingerprint density at radius 2 is 1.76 bits per heavy atom. The van der Waals surface area contributed by atoms with Crippen molar-refractivity contribution in [2.45, 2.75) is 70.4 Å². The molecule has 0 aromatic rings. The number of hydrogen-bond acceptors (Lipinski definition) is 2. The second-order valence-electron chi connectivity index (χ2n) is 5.78. The van der Waals surface area contributed by atoms with Gasteiger partial charge in [-0.05, 0) is 39.0 Å². The summed E-state index contributed by atoms with van der Waals surface area (Å²) in [6.45, 7) is 3.13. The Balaban J connectivity index is 2.01. The molecular formula is C14H26N2O. The Bertz CT molecular complexity index is 267. The zero-order valence-corrected chi connectivity index (χ0v) is 11.0. The first-order chi connectivity index (χ1) is 8.20. The molecule has 98 valence electrons. The molecule has 3 unspecified atom stereocenters. The fourth-order valence-corrected chi connectivity index (χ4v) is 3.28. The molecule has 3 heteroatoms. The summed E-state index contributed by atoms with van der Waals surface area (Å²) in [5.41, 5.74) is 6.18. The number of hydrogen-bond donors (Lipinski definition) is 1. The van der Waals surface area contributed by atoms with Crippen LogP contribution in [-0.2, 0) is 4.79 Å². The van der Waals surface area contributed by atoms with Crippen LogP contribution in [0.4, 0.5) is 0 Å². The highest BCUT2D eigenvalue weighted by atomic mass is 16.2. The van der Waals surface area contributed by atoms with E-state index in [9.17, 15) is 4.79 Å². The molecule has 1 saturated carbocycles. The van der Waals surface area contributed by atoms with Gasteiger partial charge in [-0.2, -0.15) is 0 Å². The van der Waals surface area contributed by atoms with Crippen LogP contribution in [0.15, 0.2) is 0 Å². The van der Waals surface area contributed by atoms with Gasteiger partial charge in [0.05, 0.1) is 5.92 Å². The van der Waals surface area contributed by atoms with Crippen molar-refractivity contribution >= 4 is 5.91 Å². The lowest BCUT2D eigenvalue weighted by Crippen LogP contribution is -2.49. The van der Waals surface area contributed by atoms with Crippen LogP contribution in [-0.4, -0.2) is 29.4 Å². The van der Waals surface area contributed by atoms with E-state index < -0.39 is 0 Å². The number of likely N-dealkylation sites (tertiary alicyclic amines) is 1. The number of nitrogens with two attached hydrogens (primary N) is 1. The van der Waals surface area contributed by atoms with Gasteiger partial charge in [0, 0.05) is 18.6 Å². The van der Waals surface area contributed by atoms with Gasteiger partial charge in [-0.25, -0.2) is 0 Å². The quantitative estimate of drug-likeness (QED) is 0.712. The second kappa shape index (κ2) is 5.85. The molecule has 0 aromatic heterocycles. The average molecular weight is 238 g/mol. The topological polar surface area (TPSA) is 46.3 Å². The minimum Gasteiger partial charge on any atom is -0.340 e. The molecule has 1 amide bonds. The van der Waals surface area contributed by atoms with Crippen molar-refractivity contribution in [2.24, 2.45) is 11.7 Å². The van der Waals surface area contributed by atoms with Crippen LogP contribution in [0.5, 0.6) is 0 Å². The molecule has 3 atom stereocenters. The summed E-state index contributed by atoms with van der Waals surface area (Å²) >= 11 is 0. The van der Waals surface area contributed by atoms with Crippen molar-refractivity contribution in [3.05, 3.63) is 0 Å². The first kappa shape index (κ1) is 12.9. The average Bonchev–Trinajstić information content (AvgIpc) is 2.54. The van der Waals surface area contributed by atoms with Crippen molar-refractivity contribution < 1.29 is 4.79 Å². The Morgan fingerprint density at radius 1 is 1.06 bits per heavy atom. The van der Waals surface area contributed by atoms with Gasteiger partial charge in [0.1, 0.15) is 0 Å². The molecule has 1 saturated heterocycles. The van der Waals surface area contributed by atoms with Crippen LogP contribution in [0.1, 0.15) is 58.3 Å². The maximum atomic E-state index is 12.6. The van der Waals surface area contributed by atoms with Crippen LogP contribution in [0, 0.1) is 5.92 Å². The van der Waals surface area contributed by atoms with Gasteiger partial charge in [0.15, 0.2) is 0 Å². The highest BCUT2D eigenvalue weighted by molar-refractivity contribution is 5.80. The van der Waals surface area contributed by atoms with Crippen LogP contribution < -0.4 is 5.73 Å². The third-order valence-electron chi connectivity index (χ3n) is 4.47. The highest BCUT2D eigenvalue weighted by Crippen LogP contribution is 2.27. The molecule has 0 aromatic carbocycles. The van der Waals surface area contributed by atoms with Crippen molar-refractivity contribution in [2.75, 3.05) is 6.54 Å². The van der Waals surface area contributed by atoms with E-state index in [4.69, 9.17) is 5.73 Å². The third-order valence-corrected chi connectivity index (χ3v) is 4.47. The van der Waals surface area contributed by atoms with Crippen LogP contribution >= 0.6 is 0 Å².